The van der Waals surface area contributed by atoms with Crippen molar-refractivity contribution >= 4 is 17.5 Å². The van der Waals surface area contributed by atoms with Gasteiger partial charge in [0.05, 0.1) is 0 Å². The van der Waals surface area contributed by atoms with E-state index in [9.17, 15) is 13.6 Å². The Hall–Kier alpha value is -1.68. The third-order valence-electron chi connectivity index (χ3n) is 2.85. The van der Waals surface area contributed by atoms with E-state index in [1.807, 2.05) is 12.1 Å². The molecule has 2 rings (SSSR count). The summed E-state index contributed by atoms with van der Waals surface area (Å²) in [7, 11) is 0. The average molecular weight is 292 g/mol. The lowest BCUT2D eigenvalue weighted by Crippen LogP contribution is -2.05. The molecule has 0 unspecified atom stereocenters. The number of ketones is 1. The van der Waals surface area contributed by atoms with Gasteiger partial charge in [0.2, 0.25) is 0 Å². The van der Waals surface area contributed by atoms with Gasteiger partial charge in [0.25, 0.3) is 0 Å². The van der Waals surface area contributed by atoms with E-state index in [2.05, 4.69) is 6.92 Å². The molecule has 20 heavy (non-hydrogen) atoms. The van der Waals surface area contributed by atoms with Gasteiger partial charge in [0.15, 0.2) is 5.78 Å². The first kappa shape index (κ1) is 14.7. The van der Waals surface area contributed by atoms with Crippen LogP contribution >= 0.6 is 11.8 Å². The largest absolute Gasteiger partial charge is 0.294 e. The van der Waals surface area contributed by atoms with Crippen LogP contribution in [-0.4, -0.2) is 11.5 Å². The molecule has 0 N–H and O–H groups in total. The molecule has 0 atom stereocenters. The zero-order valence-electron chi connectivity index (χ0n) is 11.0. The second-order valence-electron chi connectivity index (χ2n) is 4.29. The van der Waals surface area contributed by atoms with Crippen molar-refractivity contribution in [2.24, 2.45) is 0 Å². The van der Waals surface area contributed by atoms with Gasteiger partial charge in [-0.05, 0) is 29.5 Å². The molecule has 0 radical (unpaired) electrons. The second kappa shape index (κ2) is 6.66. The molecule has 0 aliphatic carbocycles. The number of halogens is 2. The van der Waals surface area contributed by atoms with E-state index < -0.39 is 11.6 Å². The highest BCUT2D eigenvalue weighted by molar-refractivity contribution is 7.99. The van der Waals surface area contributed by atoms with Gasteiger partial charge in [-0.2, -0.15) is 0 Å². The Balaban J connectivity index is 2.11. The number of thioether (sulfide) groups is 1. The average Bonchev–Trinajstić information content (AvgIpc) is 2.43. The van der Waals surface area contributed by atoms with Crippen LogP contribution in [-0.2, 0) is 6.42 Å². The third-order valence-corrected chi connectivity index (χ3v) is 3.75. The molecule has 0 bridgehead atoms. The minimum atomic E-state index is -0.684. The fourth-order valence-electron chi connectivity index (χ4n) is 1.84. The van der Waals surface area contributed by atoms with E-state index >= 15 is 0 Å². The normalized spacial score (nSPS) is 10.6. The lowest BCUT2D eigenvalue weighted by molar-refractivity contribution is 0.0991. The van der Waals surface area contributed by atoms with Crippen molar-refractivity contribution in [3.05, 3.63) is 65.2 Å². The van der Waals surface area contributed by atoms with Gasteiger partial charge in [-0.15, -0.1) is 11.8 Å². The lowest BCUT2D eigenvalue weighted by Gasteiger charge is -2.04. The Morgan fingerprint density at radius 3 is 2.40 bits per heavy atom. The molecular formula is C16H14F2OS. The minimum Gasteiger partial charge on any atom is -0.294 e. The highest BCUT2D eigenvalue weighted by Crippen LogP contribution is 2.19. The number of carbonyl (C=O) groups excluding carboxylic acids is 1. The smallest absolute Gasteiger partial charge is 0.167 e. The van der Waals surface area contributed by atoms with Crippen molar-refractivity contribution in [1.82, 2.24) is 0 Å². The molecule has 0 fully saturated rings. The van der Waals surface area contributed by atoms with Crippen LogP contribution in [0.5, 0.6) is 0 Å². The van der Waals surface area contributed by atoms with Gasteiger partial charge < -0.3 is 0 Å². The Labute approximate surface area is 121 Å². The van der Waals surface area contributed by atoms with E-state index in [4.69, 9.17) is 0 Å². The van der Waals surface area contributed by atoms with E-state index in [0.29, 0.717) is 5.56 Å². The highest BCUT2D eigenvalue weighted by Gasteiger charge is 2.11. The topological polar surface area (TPSA) is 17.1 Å². The first-order valence-corrected chi connectivity index (χ1v) is 7.28. The van der Waals surface area contributed by atoms with Crippen LogP contribution in [0.3, 0.4) is 0 Å². The highest BCUT2D eigenvalue weighted by atomic mass is 32.2. The summed E-state index contributed by atoms with van der Waals surface area (Å²) in [5, 5.41) is 0. The first-order valence-electron chi connectivity index (χ1n) is 6.30. The molecule has 0 saturated heterocycles. The van der Waals surface area contributed by atoms with Gasteiger partial charge >= 0.3 is 0 Å². The molecule has 0 aromatic heterocycles. The summed E-state index contributed by atoms with van der Waals surface area (Å²) in [6.07, 6.45) is -0.0631. The zero-order chi connectivity index (χ0) is 14.5. The molecule has 0 aliphatic heterocycles. The maximum Gasteiger partial charge on any atom is 0.167 e. The molecule has 0 saturated carbocycles. The SMILES string of the molecule is CCSc1ccc(C(=O)Cc2ccc(F)cc2F)cc1. The number of Topliss-reactive ketones (excluding diaryl/α,β-unsaturated/α-hetero) is 1. The zero-order valence-corrected chi connectivity index (χ0v) is 11.8. The predicted octanol–water partition coefficient (Wildman–Crippen LogP) is 4.50. The van der Waals surface area contributed by atoms with E-state index in [1.54, 1.807) is 23.9 Å². The molecule has 0 spiro atoms. The predicted molar refractivity (Wildman–Crippen MR) is 77.2 cm³/mol. The summed E-state index contributed by atoms with van der Waals surface area (Å²) in [5.41, 5.74) is 0.748. The third kappa shape index (κ3) is 3.67. The van der Waals surface area contributed by atoms with Crippen LogP contribution < -0.4 is 0 Å². The molecular weight excluding hydrogens is 278 g/mol. The molecule has 2 aromatic carbocycles. The Kier molecular flexibility index (Phi) is 4.90. The molecule has 4 heteroatoms. The van der Waals surface area contributed by atoms with Crippen molar-refractivity contribution in [2.75, 3.05) is 5.75 Å². The van der Waals surface area contributed by atoms with Crippen LogP contribution in [0.15, 0.2) is 47.4 Å². The molecule has 2 aromatic rings. The number of hydrogen-bond acceptors (Lipinski definition) is 2. The van der Waals surface area contributed by atoms with Crippen LogP contribution in [0.2, 0.25) is 0 Å². The summed E-state index contributed by atoms with van der Waals surface area (Å²) in [6, 6.07) is 10.5. The summed E-state index contributed by atoms with van der Waals surface area (Å²) in [4.78, 5) is 13.1. The number of benzene rings is 2. The van der Waals surface area contributed by atoms with Crippen molar-refractivity contribution in [3.63, 3.8) is 0 Å². The maximum absolute atomic E-state index is 13.5. The Morgan fingerprint density at radius 2 is 1.80 bits per heavy atom. The summed E-state index contributed by atoms with van der Waals surface area (Å²) in [5.74, 6) is -0.534. The Bertz CT molecular complexity index is 608. The summed E-state index contributed by atoms with van der Waals surface area (Å²) >= 11 is 1.69. The monoisotopic (exact) mass is 292 g/mol. The fourth-order valence-corrected chi connectivity index (χ4v) is 2.51. The quantitative estimate of drug-likeness (QED) is 0.596. The van der Waals surface area contributed by atoms with Gasteiger partial charge in [-0.3, -0.25) is 4.79 Å². The molecule has 104 valence electrons. The fraction of sp³-hybridized carbons (Fsp3) is 0.188. The van der Waals surface area contributed by atoms with Gasteiger partial charge in [-0.25, -0.2) is 8.78 Å². The first-order chi connectivity index (χ1) is 9.60. The van der Waals surface area contributed by atoms with Crippen LogP contribution in [0.4, 0.5) is 8.78 Å². The van der Waals surface area contributed by atoms with Crippen LogP contribution in [0.1, 0.15) is 22.8 Å². The van der Waals surface area contributed by atoms with Gasteiger partial charge in [-0.1, -0.05) is 25.1 Å². The maximum atomic E-state index is 13.5. The van der Waals surface area contributed by atoms with Gasteiger partial charge in [0.1, 0.15) is 11.6 Å². The number of rotatable bonds is 5. The molecule has 0 aliphatic rings. The molecule has 0 heterocycles. The number of carbonyl (C=O) groups is 1. The molecule has 1 nitrogen and oxygen atoms in total. The summed E-state index contributed by atoms with van der Waals surface area (Å²) < 4.78 is 26.3. The number of hydrogen-bond donors (Lipinski definition) is 0. The minimum absolute atomic E-state index is 0.0631. The Morgan fingerprint density at radius 1 is 1.10 bits per heavy atom. The van der Waals surface area contributed by atoms with Crippen molar-refractivity contribution in [1.29, 1.82) is 0 Å². The lowest BCUT2D eigenvalue weighted by atomic mass is 10.0. The van der Waals surface area contributed by atoms with Crippen molar-refractivity contribution < 1.29 is 13.6 Å². The van der Waals surface area contributed by atoms with E-state index in [0.717, 1.165) is 22.8 Å². The molecule has 0 amide bonds. The summed E-state index contributed by atoms with van der Waals surface area (Å²) in [6.45, 7) is 2.06. The second-order valence-corrected chi connectivity index (χ2v) is 5.63. The standard InChI is InChI=1S/C16H14F2OS/c1-2-20-14-7-4-11(5-8-14)16(19)9-12-3-6-13(17)10-15(12)18/h3-8,10H,2,9H2,1H3. The van der Waals surface area contributed by atoms with Crippen LogP contribution in [0, 0.1) is 11.6 Å². The van der Waals surface area contributed by atoms with Gasteiger partial charge in [0, 0.05) is 22.9 Å². The van der Waals surface area contributed by atoms with Crippen molar-refractivity contribution in [3.8, 4) is 0 Å². The van der Waals surface area contributed by atoms with E-state index in [1.165, 1.54) is 6.07 Å². The van der Waals surface area contributed by atoms with E-state index in [-0.39, 0.29) is 17.8 Å². The van der Waals surface area contributed by atoms with Crippen molar-refractivity contribution in [2.45, 2.75) is 18.2 Å². The van der Waals surface area contributed by atoms with Crippen LogP contribution in [0.25, 0.3) is 0 Å².